The molecule has 86 heavy (non-hydrogen) atoms. The number of ketones is 2. The van der Waals surface area contributed by atoms with Crippen LogP contribution in [0.3, 0.4) is 0 Å². The van der Waals surface area contributed by atoms with Crippen LogP contribution in [0.5, 0.6) is 5.75 Å². The molecule has 7 fully saturated rings. The molecule has 20 heteroatoms. The van der Waals surface area contributed by atoms with Crippen LogP contribution >= 0.6 is 21.6 Å². The molecule has 5 saturated carbocycles. The van der Waals surface area contributed by atoms with Gasteiger partial charge in [-0.05, 0) is 165 Å². The lowest BCUT2D eigenvalue weighted by Crippen LogP contribution is -2.67. The molecule has 6 bridgehead atoms. The van der Waals surface area contributed by atoms with Gasteiger partial charge in [0.1, 0.15) is 11.8 Å². The average molecular weight is 1220 g/mol. The Morgan fingerprint density at radius 1 is 0.930 bits per heavy atom. The van der Waals surface area contributed by atoms with Gasteiger partial charge in [0.15, 0.2) is 23.8 Å². The van der Waals surface area contributed by atoms with Gasteiger partial charge >= 0.3 is 5.97 Å². The number of H-pyrrole nitrogens is 1. The monoisotopic (exact) mass is 1220 g/mol. The first-order chi connectivity index (χ1) is 41.0. The summed E-state index contributed by atoms with van der Waals surface area (Å²) in [5.74, 6) is -0.254. The Balaban J connectivity index is 1.05. The van der Waals surface area contributed by atoms with E-state index in [9.17, 15) is 55.5 Å². The summed E-state index contributed by atoms with van der Waals surface area (Å²) in [4.78, 5) is 52.9. The van der Waals surface area contributed by atoms with Gasteiger partial charge in [0, 0.05) is 90.1 Å². The number of carbonyl (C=O) groups is 3. The van der Waals surface area contributed by atoms with Gasteiger partial charge in [-0.1, -0.05) is 65.1 Å². The molecule has 0 radical (unpaired) electrons. The molecular formula is C66H89N5O13S2. The predicted molar refractivity (Wildman–Crippen MR) is 325 cm³/mol. The first kappa shape index (κ1) is 61.8. The van der Waals surface area contributed by atoms with Crippen LogP contribution in [0.1, 0.15) is 127 Å². The summed E-state index contributed by atoms with van der Waals surface area (Å²) >= 11 is 0. The molecule has 12 rings (SSSR count). The number of hydrogen-bond donors (Lipinski definition) is 13. The molecule has 24 atom stereocenters. The first-order valence-electron chi connectivity index (χ1n) is 31.6. The number of nitrogens with zero attached hydrogens (tertiary/aromatic N) is 1. The minimum absolute atomic E-state index is 0.00162. The van der Waals surface area contributed by atoms with E-state index in [1.54, 1.807) is 37.4 Å². The molecule has 2 aromatic rings. The lowest BCUT2D eigenvalue weighted by Gasteiger charge is -2.63. The number of nitrogens with one attached hydrogen (secondary N) is 2. The number of esters is 1. The third-order valence-corrected chi connectivity index (χ3v) is 26.6. The summed E-state index contributed by atoms with van der Waals surface area (Å²) in [5, 5.41) is 115. The molecule has 24 unspecified atom stereocenters. The quantitative estimate of drug-likeness (QED) is 0.0322. The molecule has 2 aliphatic heterocycles. The maximum absolute atomic E-state index is 16.3. The van der Waals surface area contributed by atoms with E-state index in [-0.39, 0.29) is 135 Å². The highest BCUT2D eigenvalue weighted by molar-refractivity contribution is 8.76. The largest absolute Gasteiger partial charge is 0.508 e. The second-order valence-electron chi connectivity index (χ2n) is 28.4. The second kappa shape index (κ2) is 23.8. The number of benzene rings is 1. The molecule has 8 aliphatic carbocycles. The highest BCUT2D eigenvalue weighted by Gasteiger charge is 2.75. The summed E-state index contributed by atoms with van der Waals surface area (Å²) in [6.07, 6.45) is 4.52. The summed E-state index contributed by atoms with van der Waals surface area (Å²) in [6.45, 7) is 5.16. The number of rotatable bonds is 8. The molecule has 3 heterocycles. The lowest BCUT2D eigenvalue weighted by molar-refractivity contribution is -0.202. The standard InChI is InChI=1S/C66H89N5O13S2/c1-32-7-8-34-22-35-11-14-41-40(44-29-84-61(81)52(44)37-16-19-69-27-37)6-4-5-36-25-66(83)55-46(15-17-65(66,18-20-70-62(67)68)59(36)64(3,82)50(76)24-43(60(79)80)51(35)53(41)42(34)21-32)63(2)26-49(75)57(77)45-31-86-85-30-38(33-9-12-39(73)13-10-33)23-48(74)47(28-72)71-56(55)58(78)54(45)63/h9-10,12-13,16,19,22,27,32,35-36,38,40-47,49-54,57,59-60,69,71-73,75-77,79-80,82-83H,5,7-8,11,14-15,17-18,20-21,23-26,28-31H2,1-3H3,(H4,67,68,70). The van der Waals surface area contributed by atoms with Crippen LogP contribution in [0.15, 0.2) is 70.6 Å². The molecule has 0 amide bonds. The maximum Gasteiger partial charge on any atom is 0.313 e. The Kier molecular flexibility index (Phi) is 17.1. The smallest absolute Gasteiger partial charge is 0.313 e. The molecular weight excluding hydrogens is 1130 g/mol. The van der Waals surface area contributed by atoms with Crippen LogP contribution in [0.4, 0.5) is 0 Å². The van der Waals surface area contributed by atoms with E-state index < -0.39 is 124 Å². The summed E-state index contributed by atoms with van der Waals surface area (Å²) in [6, 6.07) is 7.16. The fraction of sp³-hybridized carbons (Fsp3) is 0.697. The maximum atomic E-state index is 16.3. The minimum Gasteiger partial charge on any atom is -0.508 e. The molecule has 1 aromatic heterocycles. The number of fused-ring (bicyclic) bond motifs is 8. The Morgan fingerprint density at radius 2 is 1.70 bits per heavy atom. The first-order valence-corrected chi connectivity index (χ1v) is 34.1. The number of aliphatic hydroxyl groups excluding tert-OH is 5. The number of aliphatic imine (C=N–C) groups is 1. The van der Waals surface area contributed by atoms with Crippen molar-refractivity contribution in [3.05, 3.63) is 76.8 Å². The average Bonchev–Trinajstić information content (AvgIpc) is 1.36. The number of phenols is 1. The number of carbonyl (C=O) groups excluding carboxylic acids is 3. The lowest BCUT2D eigenvalue weighted by atomic mass is 9.43. The van der Waals surface area contributed by atoms with Crippen molar-refractivity contribution in [1.29, 1.82) is 0 Å². The number of aromatic amines is 1. The van der Waals surface area contributed by atoms with Gasteiger partial charge < -0.3 is 72.5 Å². The molecule has 1 aromatic carbocycles. The Bertz CT molecular complexity index is 3050. The van der Waals surface area contributed by atoms with Crippen LogP contribution in [-0.2, 0) is 19.1 Å². The molecule has 0 spiro atoms. The number of phenolic OH excluding ortho intramolecular Hbond substituents is 1. The zero-order valence-corrected chi connectivity index (χ0v) is 51.2. The fourth-order valence-corrected chi connectivity index (χ4v) is 23.2. The summed E-state index contributed by atoms with van der Waals surface area (Å²) in [7, 11) is 2.93. The number of nitrogens with two attached hydrogens (primary N) is 2. The van der Waals surface area contributed by atoms with E-state index in [1.807, 2.05) is 19.2 Å². The van der Waals surface area contributed by atoms with E-state index in [1.165, 1.54) is 27.2 Å². The van der Waals surface area contributed by atoms with Crippen molar-refractivity contribution in [1.82, 2.24) is 10.3 Å². The minimum atomic E-state index is -2.11. The van der Waals surface area contributed by atoms with Crippen molar-refractivity contribution in [2.45, 2.75) is 158 Å². The number of aliphatic hydroxyl groups is 8. The number of aromatic nitrogens is 1. The highest BCUT2D eigenvalue weighted by atomic mass is 33.1. The van der Waals surface area contributed by atoms with Gasteiger partial charge in [0.25, 0.3) is 0 Å². The van der Waals surface area contributed by atoms with Gasteiger partial charge in [0.2, 0.25) is 0 Å². The number of allylic oxidation sites excluding steroid dienone is 3. The van der Waals surface area contributed by atoms with Crippen LogP contribution in [0.2, 0.25) is 0 Å². The Labute approximate surface area is 511 Å². The molecule has 2 saturated heterocycles. The number of hydrogen-bond acceptors (Lipinski definition) is 17. The highest BCUT2D eigenvalue weighted by Crippen LogP contribution is 2.73. The fourth-order valence-electron chi connectivity index (χ4n) is 20.4. The number of ether oxygens (including phenoxy) is 1. The van der Waals surface area contributed by atoms with Gasteiger partial charge in [-0.25, -0.2) is 0 Å². The second-order valence-corrected chi connectivity index (χ2v) is 30.9. The summed E-state index contributed by atoms with van der Waals surface area (Å²) < 4.78 is 6.02. The Morgan fingerprint density at radius 3 is 2.42 bits per heavy atom. The van der Waals surface area contributed by atoms with E-state index in [2.05, 4.69) is 40.1 Å². The van der Waals surface area contributed by atoms with E-state index in [0.29, 0.717) is 11.7 Å². The van der Waals surface area contributed by atoms with Crippen molar-refractivity contribution in [3.8, 4) is 17.6 Å². The SMILES string of the molecule is CC1CCC2=CC3CCC4C(C5COC(=O)C5c5cc[nH]c5)C#CCC5CC6(O)C7=C8NC(CO)C(=O)CC(c9ccc(O)cc9)CSSCC9C(O)C(O)CC(C)(C7CCC6(CCN=C(N)N)C5C(C)(O)C(O)CC(C(O)O)C3C4C2C1)C9C8=O. The third kappa shape index (κ3) is 10.3. The third-order valence-electron chi connectivity index (χ3n) is 24.0. The normalized spacial score (nSPS) is 45.0. The molecule has 15 N–H and O–H groups in total. The van der Waals surface area contributed by atoms with Crippen LogP contribution in [-0.4, -0.2) is 148 Å². The zero-order valence-electron chi connectivity index (χ0n) is 49.5. The van der Waals surface area contributed by atoms with Crippen LogP contribution < -0.4 is 16.8 Å². The number of cyclic esters (lactones) is 1. The molecule has 10 aliphatic rings. The number of Topliss-reactive ketones (excluding diaryl/α,β-unsaturated/α-hetero) is 2. The molecule has 18 nitrogen and oxygen atoms in total. The van der Waals surface area contributed by atoms with Gasteiger partial charge in [0.05, 0.1) is 54.3 Å². The molecule has 468 valence electrons. The zero-order chi connectivity index (χ0) is 60.9. The number of guanidine groups is 1. The van der Waals surface area contributed by atoms with E-state index in [4.69, 9.17) is 16.2 Å². The van der Waals surface area contributed by atoms with E-state index >= 15 is 4.79 Å². The van der Waals surface area contributed by atoms with Crippen molar-refractivity contribution < 1.29 is 65.1 Å². The topological polar surface area (TPSA) is 335 Å². The van der Waals surface area contributed by atoms with Crippen molar-refractivity contribution in [3.63, 3.8) is 0 Å². The van der Waals surface area contributed by atoms with Gasteiger partial charge in [-0.3, -0.25) is 19.4 Å². The summed E-state index contributed by atoms with van der Waals surface area (Å²) in [5.41, 5.74) is 8.58. The number of aromatic hydroxyl groups is 1. The van der Waals surface area contributed by atoms with E-state index in [0.717, 1.165) is 43.2 Å². The van der Waals surface area contributed by atoms with Crippen LogP contribution in [0.25, 0.3) is 0 Å². The Hall–Kier alpha value is -4.40. The van der Waals surface area contributed by atoms with Crippen molar-refractivity contribution >= 4 is 45.1 Å². The van der Waals surface area contributed by atoms with Gasteiger partial charge in [-0.15, -0.1) is 5.92 Å². The van der Waals surface area contributed by atoms with Crippen LogP contribution in [0, 0.1) is 106 Å². The predicted octanol–water partition coefficient (Wildman–Crippen LogP) is 4.78. The van der Waals surface area contributed by atoms with Crippen molar-refractivity contribution in [2.24, 2.45) is 110 Å². The van der Waals surface area contributed by atoms with Crippen molar-refractivity contribution in [2.75, 3.05) is 31.3 Å². The van der Waals surface area contributed by atoms with Gasteiger partial charge in [-0.2, -0.15) is 0 Å².